The van der Waals surface area contributed by atoms with Crippen LogP contribution in [0, 0.1) is 25.7 Å². The summed E-state index contributed by atoms with van der Waals surface area (Å²) in [7, 11) is -3.60. The van der Waals surface area contributed by atoms with Crippen molar-refractivity contribution in [1.29, 1.82) is 0 Å². The third-order valence-corrected chi connectivity index (χ3v) is 7.29. The molecule has 1 aliphatic rings. The summed E-state index contributed by atoms with van der Waals surface area (Å²) in [6, 6.07) is 3.35. The molecule has 0 bridgehead atoms. The lowest BCUT2D eigenvalue weighted by molar-refractivity contribution is -0.137. The van der Waals surface area contributed by atoms with Crippen LogP contribution in [0.15, 0.2) is 29.2 Å². The molecule has 0 spiro atoms. The summed E-state index contributed by atoms with van der Waals surface area (Å²) in [5.74, 6) is -0.188. The van der Waals surface area contributed by atoms with Crippen molar-refractivity contribution < 1.29 is 18.3 Å². The second-order valence-corrected chi connectivity index (χ2v) is 9.78. The summed E-state index contributed by atoms with van der Waals surface area (Å²) in [5.41, 5.74) is 1.30. The van der Waals surface area contributed by atoms with Crippen molar-refractivity contribution in [3.05, 3.63) is 40.4 Å². The lowest BCUT2D eigenvalue weighted by Crippen LogP contribution is -2.34. The number of carboxylic acid groups (broad SMARTS) is 1. The molecule has 0 saturated heterocycles. The van der Waals surface area contributed by atoms with Gasteiger partial charge in [0.2, 0.25) is 10.0 Å². The molecular formula is C21H30ClNO4S. The summed E-state index contributed by atoms with van der Waals surface area (Å²) in [5, 5.41) is 9.24. The first kappa shape index (κ1) is 22.9. The Balaban J connectivity index is 2.00. The molecule has 0 aliphatic heterocycles. The van der Waals surface area contributed by atoms with Gasteiger partial charge in [0.1, 0.15) is 0 Å². The van der Waals surface area contributed by atoms with Crippen molar-refractivity contribution in [3.8, 4) is 0 Å². The van der Waals surface area contributed by atoms with Crippen LogP contribution in [-0.4, -0.2) is 26.0 Å². The number of halogens is 1. The quantitative estimate of drug-likeness (QED) is 0.435. The summed E-state index contributed by atoms with van der Waals surface area (Å²) >= 11 is 6.02. The Morgan fingerprint density at radius 2 is 1.89 bits per heavy atom. The van der Waals surface area contributed by atoms with Gasteiger partial charge in [-0.05, 0) is 74.6 Å². The first-order chi connectivity index (χ1) is 13.2. The van der Waals surface area contributed by atoms with Gasteiger partial charge in [-0.1, -0.05) is 36.6 Å². The molecule has 0 radical (unpaired) electrons. The summed E-state index contributed by atoms with van der Waals surface area (Å²) in [6.45, 7) is 3.93. The smallest absolute Gasteiger partial charge is 0.303 e. The molecule has 1 aliphatic carbocycles. The predicted octanol–water partition coefficient (Wildman–Crippen LogP) is 4.85. The molecule has 0 aromatic heterocycles. The lowest BCUT2D eigenvalue weighted by Gasteiger charge is -2.29. The van der Waals surface area contributed by atoms with Gasteiger partial charge in [0.15, 0.2) is 0 Å². The van der Waals surface area contributed by atoms with Gasteiger partial charge in [-0.15, -0.1) is 0 Å². The van der Waals surface area contributed by atoms with E-state index in [-0.39, 0.29) is 12.3 Å². The molecule has 2 rings (SSSR count). The zero-order valence-electron chi connectivity index (χ0n) is 16.6. The first-order valence-corrected chi connectivity index (χ1v) is 11.7. The Hall–Kier alpha value is -1.37. The number of hydrogen-bond acceptors (Lipinski definition) is 3. The highest BCUT2D eigenvalue weighted by Gasteiger charge is 2.26. The van der Waals surface area contributed by atoms with E-state index < -0.39 is 16.0 Å². The molecule has 1 aromatic carbocycles. The van der Waals surface area contributed by atoms with E-state index in [1.54, 1.807) is 26.0 Å². The van der Waals surface area contributed by atoms with Crippen molar-refractivity contribution in [3.63, 3.8) is 0 Å². The number of unbranched alkanes of at least 4 members (excludes halogenated alkanes) is 1. The van der Waals surface area contributed by atoms with Crippen LogP contribution in [0.25, 0.3) is 0 Å². The summed E-state index contributed by atoms with van der Waals surface area (Å²) in [6.07, 6.45) is 10.0. The number of nitrogens with one attached hydrogen (secondary N) is 1. The van der Waals surface area contributed by atoms with E-state index in [1.807, 2.05) is 6.08 Å². The van der Waals surface area contributed by atoms with Crippen molar-refractivity contribution in [2.24, 2.45) is 11.8 Å². The van der Waals surface area contributed by atoms with Crippen LogP contribution < -0.4 is 4.72 Å². The third-order valence-electron chi connectivity index (χ3n) is 5.34. The molecule has 2 N–H and O–H groups in total. The maximum Gasteiger partial charge on any atom is 0.303 e. The maximum atomic E-state index is 12.9. The fraction of sp³-hybridized carbons (Fsp3) is 0.571. The number of aliphatic carboxylic acids is 1. The second kappa shape index (κ2) is 10.4. The second-order valence-electron chi connectivity index (χ2n) is 7.64. The Morgan fingerprint density at radius 1 is 1.25 bits per heavy atom. The fourth-order valence-corrected chi connectivity index (χ4v) is 5.87. The normalized spacial score (nSPS) is 20.5. The minimum Gasteiger partial charge on any atom is -0.481 e. The van der Waals surface area contributed by atoms with Gasteiger partial charge in [-0.2, -0.15) is 0 Å². The van der Waals surface area contributed by atoms with Gasteiger partial charge >= 0.3 is 5.97 Å². The number of carbonyl (C=O) groups is 1. The summed E-state index contributed by atoms with van der Waals surface area (Å²) < 4.78 is 28.5. The Bertz CT molecular complexity index is 797. The number of sulfonamides is 1. The topological polar surface area (TPSA) is 83.5 Å². The van der Waals surface area contributed by atoms with E-state index in [1.165, 1.54) is 0 Å². The Kier molecular flexibility index (Phi) is 8.53. The molecule has 2 unspecified atom stereocenters. The Morgan fingerprint density at radius 3 is 2.54 bits per heavy atom. The number of aryl methyl sites for hydroxylation is 2. The van der Waals surface area contributed by atoms with Crippen LogP contribution in [0.2, 0.25) is 5.02 Å². The van der Waals surface area contributed by atoms with E-state index in [9.17, 15) is 13.2 Å². The van der Waals surface area contributed by atoms with Crippen LogP contribution in [0.1, 0.15) is 56.1 Å². The number of rotatable bonds is 9. The predicted molar refractivity (Wildman–Crippen MR) is 112 cm³/mol. The fourth-order valence-electron chi connectivity index (χ4n) is 4.00. The molecule has 1 saturated carbocycles. The van der Waals surface area contributed by atoms with E-state index in [0.29, 0.717) is 39.9 Å². The number of allylic oxidation sites excluding steroid dienone is 2. The minimum absolute atomic E-state index is 0.179. The first-order valence-electron chi connectivity index (χ1n) is 9.85. The van der Waals surface area contributed by atoms with Crippen LogP contribution in [0.4, 0.5) is 0 Å². The molecule has 2 atom stereocenters. The van der Waals surface area contributed by atoms with Crippen LogP contribution >= 0.6 is 11.6 Å². The number of hydrogen-bond donors (Lipinski definition) is 2. The molecule has 0 heterocycles. The average Bonchev–Trinajstić information content (AvgIpc) is 2.59. The van der Waals surface area contributed by atoms with E-state index >= 15 is 0 Å². The van der Waals surface area contributed by atoms with Crippen LogP contribution in [0.3, 0.4) is 0 Å². The van der Waals surface area contributed by atoms with E-state index in [4.69, 9.17) is 16.7 Å². The van der Waals surface area contributed by atoms with Gasteiger partial charge < -0.3 is 5.11 Å². The standard InChI is InChI=1S/C21H30ClNO4S/c1-15-12-19(22)13-16(2)21(15)28(26,27)23-14-18-10-7-6-9-17(18)8-4-3-5-11-20(24)25/h4,8,12-13,17-18,23H,3,5-7,9-11,14H2,1-2H3,(H,24,25)/b8-4-. The van der Waals surface area contributed by atoms with E-state index in [2.05, 4.69) is 10.8 Å². The number of benzene rings is 1. The molecule has 1 aromatic rings. The highest BCUT2D eigenvalue weighted by atomic mass is 35.5. The molecule has 1 fully saturated rings. The zero-order valence-corrected chi connectivity index (χ0v) is 18.2. The number of carboxylic acids is 1. The van der Waals surface area contributed by atoms with Crippen molar-refractivity contribution in [1.82, 2.24) is 4.72 Å². The third kappa shape index (κ3) is 6.61. The minimum atomic E-state index is -3.60. The molecule has 28 heavy (non-hydrogen) atoms. The van der Waals surface area contributed by atoms with Gasteiger partial charge in [-0.3, -0.25) is 4.79 Å². The highest BCUT2D eigenvalue weighted by molar-refractivity contribution is 7.89. The molecule has 7 heteroatoms. The molecular weight excluding hydrogens is 398 g/mol. The maximum absolute atomic E-state index is 12.9. The highest BCUT2D eigenvalue weighted by Crippen LogP contribution is 2.31. The van der Waals surface area contributed by atoms with Crippen molar-refractivity contribution in [2.75, 3.05) is 6.54 Å². The SMILES string of the molecule is Cc1cc(Cl)cc(C)c1S(=O)(=O)NCC1CCCCC1/C=C\CCCC(=O)O. The van der Waals surface area contributed by atoms with E-state index in [0.717, 1.165) is 32.1 Å². The molecule has 0 amide bonds. The Labute approximate surface area is 173 Å². The van der Waals surface area contributed by atoms with Gasteiger partial charge in [0.05, 0.1) is 4.90 Å². The zero-order chi connectivity index (χ0) is 20.7. The van der Waals surface area contributed by atoms with Crippen LogP contribution in [-0.2, 0) is 14.8 Å². The monoisotopic (exact) mass is 427 g/mol. The van der Waals surface area contributed by atoms with Crippen LogP contribution in [0.5, 0.6) is 0 Å². The largest absolute Gasteiger partial charge is 0.481 e. The average molecular weight is 428 g/mol. The molecule has 156 valence electrons. The van der Waals surface area contributed by atoms with Crippen molar-refractivity contribution in [2.45, 2.75) is 63.7 Å². The molecule has 5 nitrogen and oxygen atoms in total. The van der Waals surface area contributed by atoms with Gasteiger partial charge in [0, 0.05) is 18.0 Å². The lowest BCUT2D eigenvalue weighted by atomic mass is 9.79. The van der Waals surface area contributed by atoms with Gasteiger partial charge in [0.25, 0.3) is 0 Å². The van der Waals surface area contributed by atoms with Crippen molar-refractivity contribution >= 4 is 27.6 Å². The van der Waals surface area contributed by atoms with Gasteiger partial charge in [-0.25, -0.2) is 13.1 Å². The summed E-state index contributed by atoms with van der Waals surface area (Å²) in [4.78, 5) is 10.9.